The van der Waals surface area contributed by atoms with Crippen molar-refractivity contribution in [3.05, 3.63) is 34.4 Å². The van der Waals surface area contributed by atoms with Crippen LogP contribution in [-0.4, -0.2) is 12.6 Å². The van der Waals surface area contributed by atoms with Gasteiger partial charge in [-0.3, -0.25) is 0 Å². The zero-order chi connectivity index (χ0) is 13.5. The van der Waals surface area contributed by atoms with E-state index in [2.05, 4.69) is 38.2 Å². The maximum absolute atomic E-state index is 3.77. The van der Waals surface area contributed by atoms with Gasteiger partial charge in [0.15, 0.2) is 0 Å². The first kappa shape index (κ1) is 13.2. The van der Waals surface area contributed by atoms with Gasteiger partial charge in [0.05, 0.1) is 0 Å². The summed E-state index contributed by atoms with van der Waals surface area (Å²) in [5.41, 5.74) is 6.57. The van der Waals surface area contributed by atoms with Crippen LogP contribution < -0.4 is 5.32 Å². The van der Waals surface area contributed by atoms with Crippen LogP contribution in [0.5, 0.6) is 0 Å². The summed E-state index contributed by atoms with van der Waals surface area (Å²) in [7, 11) is 0. The number of benzene rings is 1. The number of hydrogen-bond donors (Lipinski definition) is 1. The summed E-state index contributed by atoms with van der Waals surface area (Å²) in [4.78, 5) is 0. The van der Waals surface area contributed by atoms with Crippen molar-refractivity contribution >= 4 is 0 Å². The van der Waals surface area contributed by atoms with E-state index < -0.39 is 0 Å². The average molecular weight is 257 g/mol. The van der Waals surface area contributed by atoms with Crippen LogP contribution in [0.4, 0.5) is 0 Å². The van der Waals surface area contributed by atoms with Crippen molar-refractivity contribution in [3.8, 4) is 0 Å². The minimum absolute atomic E-state index is 0.563. The second kappa shape index (κ2) is 4.94. The van der Waals surface area contributed by atoms with Gasteiger partial charge in [-0.15, -0.1) is 0 Å². The molecule has 104 valence electrons. The van der Waals surface area contributed by atoms with Crippen molar-refractivity contribution < 1.29 is 0 Å². The first-order chi connectivity index (χ1) is 9.08. The molecule has 0 unspecified atom stereocenters. The van der Waals surface area contributed by atoms with Crippen molar-refractivity contribution in [1.29, 1.82) is 0 Å². The second-order valence-corrected chi connectivity index (χ2v) is 7.06. The van der Waals surface area contributed by atoms with Gasteiger partial charge < -0.3 is 5.32 Å². The molecule has 0 amide bonds. The number of rotatable bonds is 5. The lowest BCUT2D eigenvalue weighted by molar-refractivity contribution is 0.129. The summed E-state index contributed by atoms with van der Waals surface area (Å²) >= 11 is 0. The lowest BCUT2D eigenvalue weighted by atomic mass is 9.64. The molecule has 0 saturated heterocycles. The van der Waals surface area contributed by atoms with Gasteiger partial charge in [-0.25, -0.2) is 0 Å². The molecule has 19 heavy (non-hydrogen) atoms. The molecule has 2 saturated carbocycles. The third-order valence-electron chi connectivity index (χ3n) is 5.15. The molecule has 0 aromatic heterocycles. The van der Waals surface area contributed by atoms with Crippen LogP contribution in [0.25, 0.3) is 0 Å². The van der Waals surface area contributed by atoms with E-state index in [1.165, 1.54) is 61.8 Å². The van der Waals surface area contributed by atoms with Gasteiger partial charge in [-0.2, -0.15) is 0 Å². The maximum Gasteiger partial charge on any atom is 0.00684 e. The summed E-state index contributed by atoms with van der Waals surface area (Å²) in [5.74, 6) is 0. The normalized spacial score (nSPS) is 21.2. The lowest BCUT2D eigenvalue weighted by Crippen LogP contribution is -2.42. The summed E-state index contributed by atoms with van der Waals surface area (Å²) < 4.78 is 0. The fraction of sp³-hybridized carbons (Fsp3) is 0.667. The smallest absolute Gasteiger partial charge is 0.00684 e. The van der Waals surface area contributed by atoms with E-state index in [1.807, 2.05) is 0 Å². The Morgan fingerprint density at radius 3 is 2.21 bits per heavy atom. The Bertz CT molecular complexity index is 444. The molecule has 2 aliphatic carbocycles. The monoisotopic (exact) mass is 257 g/mol. The van der Waals surface area contributed by atoms with E-state index >= 15 is 0 Å². The van der Waals surface area contributed by atoms with Crippen LogP contribution >= 0.6 is 0 Å². The largest absolute Gasteiger partial charge is 0.313 e. The molecule has 0 radical (unpaired) electrons. The van der Waals surface area contributed by atoms with Crippen LogP contribution in [-0.2, 0) is 6.42 Å². The second-order valence-electron chi connectivity index (χ2n) is 7.06. The zero-order valence-electron chi connectivity index (χ0n) is 12.7. The molecule has 0 atom stereocenters. The fourth-order valence-electron chi connectivity index (χ4n) is 3.60. The summed E-state index contributed by atoms with van der Waals surface area (Å²) in [6.07, 6.45) is 8.34. The van der Waals surface area contributed by atoms with Gasteiger partial charge in [-0.1, -0.05) is 24.1 Å². The molecule has 0 bridgehead atoms. The first-order valence-corrected chi connectivity index (χ1v) is 7.88. The van der Waals surface area contributed by atoms with Crippen LogP contribution in [0.3, 0.4) is 0 Å². The van der Waals surface area contributed by atoms with E-state index in [1.54, 1.807) is 5.56 Å². The highest BCUT2D eigenvalue weighted by Gasteiger charge is 2.38. The van der Waals surface area contributed by atoms with Crippen LogP contribution in [0.2, 0.25) is 0 Å². The van der Waals surface area contributed by atoms with E-state index in [4.69, 9.17) is 0 Å². The Morgan fingerprint density at radius 1 is 1.11 bits per heavy atom. The minimum atomic E-state index is 0.563. The maximum atomic E-state index is 3.77. The first-order valence-electron chi connectivity index (χ1n) is 7.88. The third kappa shape index (κ3) is 2.86. The summed E-state index contributed by atoms with van der Waals surface area (Å²) in [6, 6.07) is 5.55. The summed E-state index contributed by atoms with van der Waals surface area (Å²) in [6.45, 7) is 8.02. The van der Waals surface area contributed by atoms with Gasteiger partial charge in [-0.05, 0) is 75.0 Å². The molecular weight excluding hydrogens is 230 g/mol. The quantitative estimate of drug-likeness (QED) is 0.838. The van der Waals surface area contributed by atoms with E-state index in [9.17, 15) is 0 Å². The van der Waals surface area contributed by atoms with Crippen molar-refractivity contribution in [2.24, 2.45) is 5.41 Å². The lowest BCUT2D eigenvalue weighted by Gasteiger charge is -2.43. The highest BCUT2D eigenvalue weighted by atomic mass is 15.0. The Labute approximate surface area is 117 Å². The number of hydrogen-bond acceptors (Lipinski definition) is 1. The standard InChI is InChI=1S/C18H27N/c1-13-9-14(2)17(15(3)10-13)11-18(7-4-8-18)12-19-16-5-6-16/h9-10,16,19H,4-8,11-12H2,1-3H3. The van der Waals surface area contributed by atoms with E-state index in [0.717, 1.165) is 6.04 Å². The molecule has 0 aliphatic heterocycles. The predicted octanol–water partition coefficient (Wildman–Crippen LogP) is 4.08. The van der Waals surface area contributed by atoms with Crippen LogP contribution in [0, 0.1) is 26.2 Å². The predicted molar refractivity (Wildman–Crippen MR) is 81.7 cm³/mol. The van der Waals surface area contributed by atoms with Crippen molar-refractivity contribution in [1.82, 2.24) is 5.32 Å². The zero-order valence-corrected chi connectivity index (χ0v) is 12.7. The Hall–Kier alpha value is -0.820. The Kier molecular flexibility index (Phi) is 3.42. The van der Waals surface area contributed by atoms with Gasteiger partial charge in [0.1, 0.15) is 0 Å². The number of nitrogens with one attached hydrogen (secondary N) is 1. The van der Waals surface area contributed by atoms with Crippen molar-refractivity contribution in [2.75, 3.05) is 6.54 Å². The molecule has 2 fully saturated rings. The Balaban J connectivity index is 1.74. The highest BCUT2D eigenvalue weighted by Crippen LogP contribution is 2.44. The average Bonchev–Trinajstić information content (AvgIpc) is 3.09. The topological polar surface area (TPSA) is 12.0 Å². The molecule has 3 rings (SSSR count). The molecule has 1 nitrogen and oxygen atoms in total. The highest BCUT2D eigenvalue weighted by molar-refractivity contribution is 5.38. The van der Waals surface area contributed by atoms with Crippen LogP contribution in [0.15, 0.2) is 12.1 Å². The van der Waals surface area contributed by atoms with Gasteiger partial charge in [0.25, 0.3) is 0 Å². The third-order valence-corrected chi connectivity index (χ3v) is 5.15. The molecule has 0 spiro atoms. The fourth-order valence-corrected chi connectivity index (χ4v) is 3.60. The SMILES string of the molecule is Cc1cc(C)c(CC2(CNC3CC3)CCC2)c(C)c1. The van der Waals surface area contributed by atoms with Gasteiger partial charge in [0.2, 0.25) is 0 Å². The van der Waals surface area contributed by atoms with Gasteiger partial charge >= 0.3 is 0 Å². The molecule has 1 aromatic carbocycles. The summed E-state index contributed by atoms with van der Waals surface area (Å²) in [5, 5.41) is 3.77. The van der Waals surface area contributed by atoms with Crippen LogP contribution in [0.1, 0.15) is 54.4 Å². The van der Waals surface area contributed by atoms with E-state index in [-0.39, 0.29) is 0 Å². The minimum Gasteiger partial charge on any atom is -0.313 e. The van der Waals surface area contributed by atoms with Gasteiger partial charge in [0, 0.05) is 12.6 Å². The van der Waals surface area contributed by atoms with Crippen molar-refractivity contribution in [3.63, 3.8) is 0 Å². The molecule has 2 aliphatic rings. The molecule has 1 N–H and O–H groups in total. The van der Waals surface area contributed by atoms with Crippen molar-refractivity contribution in [2.45, 2.75) is 65.3 Å². The number of aryl methyl sites for hydroxylation is 3. The molecular formula is C18H27N. The molecule has 1 heteroatoms. The van der Waals surface area contributed by atoms with E-state index in [0.29, 0.717) is 5.41 Å². The molecule has 0 heterocycles. The Morgan fingerprint density at radius 2 is 1.74 bits per heavy atom. The molecule has 1 aromatic rings.